The SMILES string of the molecule is CNCC#Cc1ccc(C=O)c(F)c1. The number of aldehydes is 1. The molecule has 0 aliphatic heterocycles. The average Bonchev–Trinajstić information content (AvgIpc) is 2.18. The molecule has 14 heavy (non-hydrogen) atoms. The Bertz CT molecular complexity index is 390. The van der Waals surface area contributed by atoms with Gasteiger partial charge in [-0.1, -0.05) is 11.8 Å². The van der Waals surface area contributed by atoms with Crippen LogP contribution in [0.15, 0.2) is 18.2 Å². The summed E-state index contributed by atoms with van der Waals surface area (Å²) in [5, 5.41) is 2.85. The second-order valence-corrected chi connectivity index (χ2v) is 2.69. The fourth-order valence-corrected chi connectivity index (χ4v) is 0.935. The summed E-state index contributed by atoms with van der Waals surface area (Å²) in [6.45, 7) is 0.553. The number of carbonyl (C=O) groups is 1. The summed E-state index contributed by atoms with van der Waals surface area (Å²) < 4.78 is 13.0. The molecule has 0 heterocycles. The van der Waals surface area contributed by atoms with E-state index in [1.165, 1.54) is 12.1 Å². The van der Waals surface area contributed by atoms with E-state index in [4.69, 9.17) is 0 Å². The number of benzene rings is 1. The minimum atomic E-state index is -0.531. The third-order valence-electron chi connectivity index (χ3n) is 1.63. The summed E-state index contributed by atoms with van der Waals surface area (Å²) in [7, 11) is 1.78. The first-order valence-electron chi connectivity index (χ1n) is 4.16. The minimum absolute atomic E-state index is 0.0594. The van der Waals surface area contributed by atoms with Gasteiger partial charge in [0.05, 0.1) is 12.1 Å². The molecule has 0 amide bonds. The van der Waals surface area contributed by atoms with Crippen molar-refractivity contribution < 1.29 is 9.18 Å². The first kappa shape index (κ1) is 10.4. The van der Waals surface area contributed by atoms with Crippen LogP contribution in [0, 0.1) is 17.7 Å². The van der Waals surface area contributed by atoms with Crippen LogP contribution in [0.25, 0.3) is 0 Å². The highest BCUT2D eigenvalue weighted by atomic mass is 19.1. The normalized spacial score (nSPS) is 9.00. The average molecular weight is 191 g/mol. The van der Waals surface area contributed by atoms with E-state index in [0.29, 0.717) is 18.4 Å². The van der Waals surface area contributed by atoms with E-state index >= 15 is 0 Å². The van der Waals surface area contributed by atoms with Crippen molar-refractivity contribution in [2.24, 2.45) is 0 Å². The second kappa shape index (κ2) is 5.15. The molecule has 0 fully saturated rings. The van der Waals surface area contributed by atoms with Crippen LogP contribution in [0.4, 0.5) is 4.39 Å². The van der Waals surface area contributed by atoms with Crippen LogP contribution >= 0.6 is 0 Å². The summed E-state index contributed by atoms with van der Waals surface area (Å²) in [6, 6.07) is 4.30. The summed E-state index contributed by atoms with van der Waals surface area (Å²) in [5.41, 5.74) is 0.632. The van der Waals surface area contributed by atoms with Gasteiger partial charge in [-0.05, 0) is 25.2 Å². The van der Waals surface area contributed by atoms with Gasteiger partial charge in [-0.25, -0.2) is 4.39 Å². The van der Waals surface area contributed by atoms with Crippen molar-refractivity contribution in [1.82, 2.24) is 5.32 Å². The molecule has 1 rings (SSSR count). The lowest BCUT2D eigenvalue weighted by atomic mass is 10.1. The molecule has 0 atom stereocenters. The lowest BCUT2D eigenvalue weighted by molar-refractivity contribution is 0.112. The third-order valence-corrected chi connectivity index (χ3v) is 1.63. The molecular formula is C11H10FNO. The van der Waals surface area contributed by atoms with Crippen LogP contribution in [0.3, 0.4) is 0 Å². The predicted octanol–water partition coefficient (Wildman–Crippen LogP) is 1.21. The van der Waals surface area contributed by atoms with Crippen LogP contribution in [-0.4, -0.2) is 19.9 Å². The van der Waals surface area contributed by atoms with Crippen LogP contribution in [-0.2, 0) is 0 Å². The Hall–Kier alpha value is -1.66. The van der Waals surface area contributed by atoms with Gasteiger partial charge < -0.3 is 5.32 Å². The van der Waals surface area contributed by atoms with Crippen molar-refractivity contribution in [2.45, 2.75) is 0 Å². The van der Waals surface area contributed by atoms with Crippen LogP contribution in [0.1, 0.15) is 15.9 Å². The van der Waals surface area contributed by atoms with Crippen molar-refractivity contribution in [3.63, 3.8) is 0 Å². The van der Waals surface area contributed by atoms with Crippen molar-refractivity contribution in [3.05, 3.63) is 35.1 Å². The highest BCUT2D eigenvalue weighted by Crippen LogP contribution is 2.07. The fraction of sp³-hybridized carbons (Fsp3) is 0.182. The van der Waals surface area contributed by atoms with Gasteiger partial charge in [0.1, 0.15) is 5.82 Å². The molecule has 3 heteroatoms. The third kappa shape index (κ3) is 2.68. The monoisotopic (exact) mass is 191 g/mol. The van der Waals surface area contributed by atoms with Gasteiger partial charge in [0, 0.05) is 5.56 Å². The topological polar surface area (TPSA) is 29.1 Å². The zero-order valence-corrected chi connectivity index (χ0v) is 7.80. The number of halogens is 1. The standard InChI is InChI=1S/C11H10FNO/c1-13-6-2-3-9-4-5-10(8-14)11(12)7-9/h4-5,7-8,13H,6H2,1H3. The Kier molecular flexibility index (Phi) is 3.84. The van der Waals surface area contributed by atoms with Gasteiger partial charge in [0.25, 0.3) is 0 Å². The van der Waals surface area contributed by atoms with Crippen molar-refractivity contribution in [2.75, 3.05) is 13.6 Å². The first-order chi connectivity index (χ1) is 6.77. The van der Waals surface area contributed by atoms with Gasteiger partial charge in [0.2, 0.25) is 0 Å². The Morgan fingerprint density at radius 3 is 2.93 bits per heavy atom. The highest BCUT2D eigenvalue weighted by molar-refractivity contribution is 5.75. The largest absolute Gasteiger partial charge is 0.309 e. The molecule has 1 aromatic carbocycles. The van der Waals surface area contributed by atoms with Crippen LogP contribution in [0.2, 0.25) is 0 Å². The zero-order valence-electron chi connectivity index (χ0n) is 7.80. The molecule has 0 aromatic heterocycles. The van der Waals surface area contributed by atoms with Crippen LogP contribution in [0.5, 0.6) is 0 Å². The van der Waals surface area contributed by atoms with E-state index in [1.807, 2.05) is 0 Å². The molecule has 0 saturated carbocycles. The van der Waals surface area contributed by atoms with E-state index in [-0.39, 0.29) is 5.56 Å². The number of nitrogens with one attached hydrogen (secondary N) is 1. The Labute approximate surface area is 82.1 Å². The maximum absolute atomic E-state index is 13.0. The van der Waals surface area contributed by atoms with Crippen LogP contribution < -0.4 is 5.32 Å². The molecule has 1 N–H and O–H groups in total. The smallest absolute Gasteiger partial charge is 0.152 e. The quantitative estimate of drug-likeness (QED) is 0.562. The molecule has 72 valence electrons. The fourth-order valence-electron chi connectivity index (χ4n) is 0.935. The molecule has 0 spiro atoms. The summed E-state index contributed by atoms with van der Waals surface area (Å²) in [6.07, 6.45) is 0.486. The molecule has 0 unspecified atom stereocenters. The highest BCUT2D eigenvalue weighted by Gasteiger charge is 1.99. The molecule has 0 radical (unpaired) electrons. The molecular weight excluding hydrogens is 181 g/mol. The van der Waals surface area contributed by atoms with E-state index in [2.05, 4.69) is 17.2 Å². The van der Waals surface area contributed by atoms with Gasteiger partial charge in [-0.2, -0.15) is 0 Å². The van der Waals surface area contributed by atoms with Gasteiger partial charge in [0.15, 0.2) is 6.29 Å². The number of carbonyl (C=O) groups excluding carboxylic acids is 1. The number of hydrogen-bond acceptors (Lipinski definition) is 2. The lowest BCUT2D eigenvalue weighted by Gasteiger charge is -1.94. The van der Waals surface area contributed by atoms with Crippen molar-refractivity contribution >= 4 is 6.29 Å². The van der Waals surface area contributed by atoms with E-state index in [0.717, 1.165) is 0 Å². The molecule has 0 saturated heterocycles. The van der Waals surface area contributed by atoms with E-state index in [1.54, 1.807) is 13.1 Å². The van der Waals surface area contributed by atoms with Crippen molar-refractivity contribution in [3.8, 4) is 11.8 Å². The summed E-state index contributed by atoms with van der Waals surface area (Å²) >= 11 is 0. The number of rotatable bonds is 2. The summed E-state index contributed by atoms with van der Waals surface area (Å²) in [5.74, 6) is 5.04. The lowest BCUT2D eigenvalue weighted by Crippen LogP contribution is -2.04. The molecule has 0 aliphatic rings. The Morgan fingerprint density at radius 1 is 1.57 bits per heavy atom. The maximum atomic E-state index is 13.0. The van der Waals surface area contributed by atoms with Gasteiger partial charge in [-0.3, -0.25) is 4.79 Å². The summed E-state index contributed by atoms with van der Waals surface area (Å²) in [4.78, 5) is 10.3. The van der Waals surface area contributed by atoms with Gasteiger partial charge >= 0.3 is 0 Å². The zero-order chi connectivity index (χ0) is 10.4. The molecule has 0 aliphatic carbocycles. The number of hydrogen-bond donors (Lipinski definition) is 1. The van der Waals surface area contributed by atoms with Crippen molar-refractivity contribution in [1.29, 1.82) is 0 Å². The van der Waals surface area contributed by atoms with Gasteiger partial charge in [-0.15, -0.1) is 0 Å². The Balaban J connectivity index is 2.88. The maximum Gasteiger partial charge on any atom is 0.152 e. The van der Waals surface area contributed by atoms with E-state index in [9.17, 15) is 9.18 Å². The Morgan fingerprint density at radius 2 is 2.36 bits per heavy atom. The minimum Gasteiger partial charge on any atom is -0.309 e. The first-order valence-corrected chi connectivity index (χ1v) is 4.16. The predicted molar refractivity (Wildman–Crippen MR) is 52.6 cm³/mol. The molecule has 1 aromatic rings. The second-order valence-electron chi connectivity index (χ2n) is 2.69. The van der Waals surface area contributed by atoms with E-state index < -0.39 is 5.82 Å². The molecule has 2 nitrogen and oxygen atoms in total. The molecule has 0 bridgehead atoms.